The highest BCUT2D eigenvalue weighted by molar-refractivity contribution is 5.84. The molecule has 4 nitrogen and oxygen atoms in total. The van der Waals surface area contributed by atoms with Crippen LogP contribution in [0.3, 0.4) is 0 Å². The van der Waals surface area contributed by atoms with Gasteiger partial charge in [-0.05, 0) is 35.4 Å². The van der Waals surface area contributed by atoms with Crippen molar-refractivity contribution < 1.29 is 9.53 Å². The summed E-state index contributed by atoms with van der Waals surface area (Å²) < 4.78 is 6.15. The minimum atomic E-state index is 0.0651. The number of benzene rings is 2. The van der Waals surface area contributed by atoms with Gasteiger partial charge in [0.2, 0.25) is 5.91 Å². The molecule has 0 bridgehead atoms. The highest BCUT2D eigenvalue weighted by atomic mass is 16.5. The molecule has 2 aromatic carbocycles. The SMILES string of the molecule is CC(C)C(=O)N1CCC(Oc2ccc(-c3ccc4cccnc4c3)cc2)CC1. The van der Waals surface area contributed by atoms with Crippen LogP contribution >= 0.6 is 0 Å². The Hall–Kier alpha value is -2.88. The number of piperidine rings is 1. The van der Waals surface area contributed by atoms with E-state index in [1.54, 1.807) is 0 Å². The topological polar surface area (TPSA) is 42.4 Å². The summed E-state index contributed by atoms with van der Waals surface area (Å²) in [6.07, 6.45) is 3.77. The Balaban J connectivity index is 1.39. The zero-order chi connectivity index (χ0) is 19.5. The molecule has 1 amide bonds. The molecule has 1 saturated heterocycles. The number of ether oxygens (including phenoxy) is 1. The van der Waals surface area contributed by atoms with Crippen molar-refractivity contribution in [3.05, 3.63) is 60.8 Å². The predicted octanol–water partition coefficient (Wildman–Crippen LogP) is 4.93. The number of likely N-dealkylation sites (tertiary alicyclic amines) is 1. The molecule has 1 fully saturated rings. The van der Waals surface area contributed by atoms with E-state index in [2.05, 4.69) is 41.4 Å². The normalized spacial score (nSPS) is 15.2. The molecule has 3 aromatic rings. The fraction of sp³-hybridized carbons (Fsp3) is 0.333. The largest absolute Gasteiger partial charge is 0.490 e. The third-order valence-corrected chi connectivity index (χ3v) is 5.34. The number of nitrogens with zero attached hydrogens (tertiary/aromatic N) is 2. The van der Waals surface area contributed by atoms with Crippen LogP contribution in [-0.4, -0.2) is 35.0 Å². The lowest BCUT2D eigenvalue weighted by molar-refractivity contribution is -0.136. The predicted molar refractivity (Wildman–Crippen MR) is 112 cm³/mol. The number of fused-ring (bicyclic) bond motifs is 1. The lowest BCUT2D eigenvalue weighted by Gasteiger charge is -2.33. The fourth-order valence-corrected chi connectivity index (χ4v) is 3.72. The molecule has 2 heterocycles. The number of hydrogen-bond donors (Lipinski definition) is 0. The van der Waals surface area contributed by atoms with Gasteiger partial charge in [-0.3, -0.25) is 9.78 Å². The molecule has 144 valence electrons. The van der Waals surface area contributed by atoms with Gasteiger partial charge in [-0.2, -0.15) is 0 Å². The maximum absolute atomic E-state index is 12.1. The van der Waals surface area contributed by atoms with E-state index in [0.717, 1.165) is 53.7 Å². The Bertz CT molecular complexity index is 958. The van der Waals surface area contributed by atoms with Crippen molar-refractivity contribution in [2.45, 2.75) is 32.8 Å². The number of pyridine rings is 1. The van der Waals surface area contributed by atoms with Crippen LogP contribution in [0.25, 0.3) is 22.0 Å². The lowest BCUT2D eigenvalue weighted by atomic mass is 10.0. The van der Waals surface area contributed by atoms with Gasteiger partial charge in [-0.15, -0.1) is 0 Å². The average Bonchev–Trinajstić information content (AvgIpc) is 2.74. The Morgan fingerprint density at radius 3 is 2.46 bits per heavy atom. The monoisotopic (exact) mass is 374 g/mol. The molecule has 0 saturated carbocycles. The minimum absolute atomic E-state index is 0.0651. The summed E-state index contributed by atoms with van der Waals surface area (Å²) in [5, 5.41) is 1.15. The number of aromatic nitrogens is 1. The molecule has 0 spiro atoms. The van der Waals surface area contributed by atoms with Gasteiger partial charge in [0, 0.05) is 43.4 Å². The minimum Gasteiger partial charge on any atom is -0.490 e. The number of amides is 1. The summed E-state index contributed by atoms with van der Waals surface area (Å²) in [4.78, 5) is 18.5. The van der Waals surface area contributed by atoms with Crippen LogP contribution in [0, 0.1) is 5.92 Å². The highest BCUT2D eigenvalue weighted by Crippen LogP contribution is 2.27. The van der Waals surface area contributed by atoms with Gasteiger partial charge in [0.25, 0.3) is 0 Å². The van der Waals surface area contributed by atoms with Crippen molar-refractivity contribution >= 4 is 16.8 Å². The van der Waals surface area contributed by atoms with Crippen LogP contribution < -0.4 is 4.74 Å². The van der Waals surface area contributed by atoms with Crippen molar-refractivity contribution in [1.82, 2.24) is 9.88 Å². The van der Waals surface area contributed by atoms with Crippen molar-refractivity contribution in [2.24, 2.45) is 5.92 Å². The zero-order valence-corrected chi connectivity index (χ0v) is 16.5. The first-order valence-corrected chi connectivity index (χ1v) is 10.0. The maximum Gasteiger partial charge on any atom is 0.225 e. The number of rotatable bonds is 4. The van der Waals surface area contributed by atoms with Crippen molar-refractivity contribution in [3.63, 3.8) is 0 Å². The molecular formula is C24H26N2O2. The molecule has 4 rings (SSSR count). The second kappa shape index (κ2) is 8.01. The van der Waals surface area contributed by atoms with E-state index in [9.17, 15) is 4.79 Å². The first-order chi connectivity index (χ1) is 13.6. The van der Waals surface area contributed by atoms with Gasteiger partial charge in [0.05, 0.1) is 5.52 Å². The van der Waals surface area contributed by atoms with Crippen LogP contribution in [0.2, 0.25) is 0 Å². The highest BCUT2D eigenvalue weighted by Gasteiger charge is 2.25. The zero-order valence-electron chi connectivity index (χ0n) is 16.5. The molecule has 0 aliphatic carbocycles. The van der Waals surface area contributed by atoms with Crippen LogP contribution in [0.15, 0.2) is 60.8 Å². The Labute approximate surface area is 166 Å². The summed E-state index contributed by atoms with van der Waals surface area (Å²) in [6, 6.07) is 18.6. The van der Waals surface area contributed by atoms with Crippen molar-refractivity contribution in [3.8, 4) is 16.9 Å². The molecule has 0 unspecified atom stereocenters. The molecule has 0 radical (unpaired) electrons. The number of carbonyl (C=O) groups is 1. The molecule has 28 heavy (non-hydrogen) atoms. The average molecular weight is 374 g/mol. The maximum atomic E-state index is 12.1. The molecule has 0 atom stereocenters. The van der Waals surface area contributed by atoms with Crippen LogP contribution in [0.1, 0.15) is 26.7 Å². The molecular weight excluding hydrogens is 348 g/mol. The Morgan fingerprint density at radius 1 is 1.04 bits per heavy atom. The quantitative estimate of drug-likeness (QED) is 0.650. The van der Waals surface area contributed by atoms with Crippen LogP contribution in [0.5, 0.6) is 5.75 Å². The molecule has 1 aliphatic heterocycles. The van der Waals surface area contributed by atoms with Crippen molar-refractivity contribution in [1.29, 1.82) is 0 Å². The summed E-state index contributed by atoms with van der Waals surface area (Å²) >= 11 is 0. The number of hydrogen-bond acceptors (Lipinski definition) is 3. The summed E-state index contributed by atoms with van der Waals surface area (Å²) in [5.41, 5.74) is 3.30. The van der Waals surface area contributed by atoms with E-state index >= 15 is 0 Å². The van der Waals surface area contributed by atoms with Gasteiger partial charge in [0.1, 0.15) is 11.9 Å². The Morgan fingerprint density at radius 2 is 1.75 bits per heavy atom. The standard InChI is InChI=1S/C24H26N2O2/c1-17(2)24(27)26-14-11-22(12-15-26)28-21-9-7-18(8-10-21)20-6-5-19-4-3-13-25-23(19)16-20/h3-10,13,16-17,22H,11-12,14-15H2,1-2H3. The third-order valence-electron chi connectivity index (χ3n) is 5.34. The van der Waals surface area contributed by atoms with E-state index < -0.39 is 0 Å². The first-order valence-electron chi connectivity index (χ1n) is 10.0. The van der Waals surface area contributed by atoms with E-state index in [4.69, 9.17) is 4.74 Å². The smallest absolute Gasteiger partial charge is 0.225 e. The Kier molecular flexibility index (Phi) is 5.29. The number of carbonyl (C=O) groups excluding carboxylic acids is 1. The van der Waals surface area contributed by atoms with Crippen LogP contribution in [0.4, 0.5) is 0 Å². The van der Waals surface area contributed by atoms with Gasteiger partial charge >= 0.3 is 0 Å². The van der Waals surface area contributed by atoms with Crippen LogP contribution in [-0.2, 0) is 4.79 Å². The third kappa shape index (κ3) is 4.01. The lowest BCUT2D eigenvalue weighted by Crippen LogP contribution is -2.43. The second-order valence-electron chi connectivity index (χ2n) is 7.73. The summed E-state index contributed by atoms with van der Waals surface area (Å²) in [7, 11) is 0. The van der Waals surface area contributed by atoms with Crippen molar-refractivity contribution in [2.75, 3.05) is 13.1 Å². The van der Waals surface area contributed by atoms with E-state index in [1.807, 2.05) is 43.1 Å². The molecule has 1 aromatic heterocycles. The van der Waals surface area contributed by atoms with Gasteiger partial charge in [0.15, 0.2) is 0 Å². The summed E-state index contributed by atoms with van der Waals surface area (Å²) in [6.45, 7) is 5.48. The van der Waals surface area contributed by atoms with E-state index in [-0.39, 0.29) is 17.9 Å². The molecule has 0 N–H and O–H groups in total. The summed E-state index contributed by atoms with van der Waals surface area (Å²) in [5.74, 6) is 1.19. The molecule has 4 heteroatoms. The van der Waals surface area contributed by atoms with Gasteiger partial charge in [-0.25, -0.2) is 0 Å². The van der Waals surface area contributed by atoms with E-state index in [1.165, 1.54) is 0 Å². The van der Waals surface area contributed by atoms with Gasteiger partial charge in [-0.1, -0.05) is 44.2 Å². The fourth-order valence-electron chi connectivity index (χ4n) is 3.72. The first kappa shape index (κ1) is 18.5. The van der Waals surface area contributed by atoms with Gasteiger partial charge < -0.3 is 9.64 Å². The second-order valence-corrected chi connectivity index (χ2v) is 7.73. The molecule has 1 aliphatic rings. The van der Waals surface area contributed by atoms with E-state index in [0.29, 0.717) is 0 Å².